The van der Waals surface area contributed by atoms with Crippen LogP contribution in [-0.2, 0) is 14.0 Å². The maximum absolute atomic E-state index is 12.4. The molecule has 4 atom stereocenters. The summed E-state index contributed by atoms with van der Waals surface area (Å²) in [5.74, 6) is -2.07. The van der Waals surface area contributed by atoms with Crippen LogP contribution in [0.25, 0.3) is 0 Å². The normalized spacial score (nSPS) is 30.2. The fourth-order valence-electron chi connectivity index (χ4n) is 2.03. The molecule has 136 valence electrons. The minimum absolute atomic E-state index is 0.0279. The molecule has 1 amide bonds. The highest BCUT2D eigenvalue weighted by Gasteiger charge is 2.46. The summed E-state index contributed by atoms with van der Waals surface area (Å²) in [5.41, 5.74) is 0. The monoisotopic (exact) mass is 357 g/mol. The molecule has 0 aromatic carbocycles. The molecule has 1 rings (SSSR count). The molecular formula is C14H26F3NO4Si. The van der Waals surface area contributed by atoms with Crippen LogP contribution in [0.5, 0.6) is 0 Å². The molecule has 0 saturated carbocycles. The number of hydrogen-bond acceptors (Lipinski definition) is 4. The van der Waals surface area contributed by atoms with E-state index in [0.29, 0.717) is 0 Å². The molecular weight excluding hydrogens is 331 g/mol. The maximum atomic E-state index is 12.4. The zero-order chi connectivity index (χ0) is 18.2. The smallest absolute Gasteiger partial charge is 0.392 e. The first-order chi connectivity index (χ1) is 10.1. The summed E-state index contributed by atoms with van der Waals surface area (Å²) in [4.78, 5) is 11.1. The summed E-state index contributed by atoms with van der Waals surface area (Å²) >= 11 is 0. The number of ether oxygens (including phenoxy) is 1. The van der Waals surface area contributed by atoms with Crippen molar-refractivity contribution in [2.45, 2.75) is 83.0 Å². The van der Waals surface area contributed by atoms with Gasteiger partial charge in [0.05, 0.1) is 12.1 Å². The average molecular weight is 357 g/mol. The van der Waals surface area contributed by atoms with E-state index in [1.54, 1.807) is 6.92 Å². The second-order valence-corrected chi connectivity index (χ2v) is 12.2. The molecule has 0 aliphatic carbocycles. The number of nitrogens with one attached hydrogen (secondary N) is 1. The lowest BCUT2D eigenvalue weighted by molar-refractivity contribution is -0.202. The van der Waals surface area contributed by atoms with Gasteiger partial charge in [0.2, 0.25) is 0 Å². The van der Waals surface area contributed by atoms with E-state index in [-0.39, 0.29) is 11.5 Å². The van der Waals surface area contributed by atoms with Crippen LogP contribution in [0.3, 0.4) is 0 Å². The topological polar surface area (TPSA) is 67.8 Å². The molecule has 0 spiro atoms. The van der Waals surface area contributed by atoms with Crippen molar-refractivity contribution >= 4 is 14.2 Å². The van der Waals surface area contributed by atoms with Crippen molar-refractivity contribution < 1.29 is 32.2 Å². The molecule has 9 heteroatoms. The Labute approximate surface area is 135 Å². The van der Waals surface area contributed by atoms with Gasteiger partial charge in [0.25, 0.3) is 0 Å². The van der Waals surface area contributed by atoms with Crippen LogP contribution < -0.4 is 5.32 Å². The standard InChI is InChI=1S/C14H26F3NO4Si/c1-8-11(19)9(18-12(20)14(15,16)17)7-10(21-8)22-23(5,6)13(2,3)4/h8-11,19H,7H2,1-6H3,(H,18,20)/t8-,9+,10+,11+/m0/s1. The minimum atomic E-state index is -4.99. The van der Waals surface area contributed by atoms with E-state index in [1.807, 2.05) is 39.2 Å². The van der Waals surface area contributed by atoms with Crippen molar-refractivity contribution in [3.8, 4) is 0 Å². The predicted molar refractivity (Wildman–Crippen MR) is 81.2 cm³/mol. The van der Waals surface area contributed by atoms with Crippen LogP contribution in [0.1, 0.15) is 34.1 Å². The first-order valence-corrected chi connectivity index (χ1v) is 10.4. The second kappa shape index (κ2) is 6.70. The average Bonchev–Trinajstić information content (AvgIpc) is 2.32. The molecule has 23 heavy (non-hydrogen) atoms. The van der Waals surface area contributed by atoms with Gasteiger partial charge in [0.1, 0.15) is 12.4 Å². The zero-order valence-electron chi connectivity index (χ0n) is 14.3. The number of carbonyl (C=O) groups is 1. The first kappa shape index (κ1) is 20.4. The van der Waals surface area contributed by atoms with E-state index in [1.165, 1.54) is 0 Å². The van der Waals surface area contributed by atoms with Crippen molar-refractivity contribution in [1.29, 1.82) is 0 Å². The van der Waals surface area contributed by atoms with Crippen molar-refractivity contribution in [3.05, 3.63) is 0 Å². The SMILES string of the molecule is C[C@@H]1O[C@H](O[Si](C)(C)C(C)(C)C)C[C@@H](NC(=O)C(F)(F)F)[C@@H]1O. The Kier molecular flexibility index (Phi) is 5.94. The quantitative estimate of drug-likeness (QED) is 0.762. The largest absolute Gasteiger partial charge is 0.471 e. The number of aliphatic hydroxyl groups is 1. The molecule has 2 N–H and O–H groups in total. The molecule has 0 aromatic rings. The molecule has 1 heterocycles. The molecule has 0 aromatic heterocycles. The number of amides is 1. The number of halogens is 3. The third kappa shape index (κ3) is 5.17. The number of hydrogen-bond donors (Lipinski definition) is 2. The van der Waals surface area contributed by atoms with E-state index in [9.17, 15) is 23.1 Å². The minimum Gasteiger partial charge on any atom is -0.392 e. The number of carbonyl (C=O) groups excluding carboxylic acids is 1. The summed E-state index contributed by atoms with van der Waals surface area (Å²) in [6.07, 6.45) is -7.73. The Morgan fingerprint density at radius 2 is 1.83 bits per heavy atom. The van der Waals surface area contributed by atoms with Gasteiger partial charge < -0.3 is 19.6 Å². The van der Waals surface area contributed by atoms with Crippen molar-refractivity contribution in [3.63, 3.8) is 0 Å². The third-order valence-corrected chi connectivity index (χ3v) is 8.98. The fourth-order valence-corrected chi connectivity index (χ4v) is 3.19. The first-order valence-electron chi connectivity index (χ1n) is 7.54. The van der Waals surface area contributed by atoms with Crippen LogP contribution in [0.15, 0.2) is 0 Å². The third-order valence-electron chi connectivity index (χ3n) is 4.51. The van der Waals surface area contributed by atoms with Gasteiger partial charge >= 0.3 is 12.1 Å². The van der Waals surface area contributed by atoms with Crippen LogP contribution in [0.2, 0.25) is 18.1 Å². The van der Waals surface area contributed by atoms with Gasteiger partial charge in [-0.25, -0.2) is 0 Å². The van der Waals surface area contributed by atoms with Gasteiger partial charge in [-0.3, -0.25) is 4.79 Å². The highest BCUT2D eigenvalue weighted by atomic mass is 28.4. The zero-order valence-corrected chi connectivity index (χ0v) is 15.3. The van der Waals surface area contributed by atoms with E-state index in [2.05, 4.69) is 0 Å². The molecule has 0 bridgehead atoms. The van der Waals surface area contributed by atoms with Gasteiger partial charge in [-0.1, -0.05) is 20.8 Å². The van der Waals surface area contributed by atoms with Crippen molar-refractivity contribution in [1.82, 2.24) is 5.32 Å². The maximum Gasteiger partial charge on any atom is 0.471 e. The molecule has 1 saturated heterocycles. The van der Waals surface area contributed by atoms with Gasteiger partial charge in [0, 0.05) is 6.42 Å². The van der Waals surface area contributed by atoms with E-state index in [0.717, 1.165) is 0 Å². The number of aliphatic hydroxyl groups excluding tert-OH is 1. The number of rotatable bonds is 3. The second-order valence-electron chi connectivity index (χ2n) is 7.45. The lowest BCUT2D eigenvalue weighted by Gasteiger charge is -2.44. The van der Waals surface area contributed by atoms with Gasteiger partial charge in [-0.15, -0.1) is 0 Å². The Morgan fingerprint density at radius 3 is 2.26 bits per heavy atom. The van der Waals surface area contributed by atoms with Gasteiger partial charge in [-0.05, 0) is 25.1 Å². The van der Waals surface area contributed by atoms with Crippen LogP contribution >= 0.6 is 0 Å². The van der Waals surface area contributed by atoms with Gasteiger partial charge in [-0.2, -0.15) is 13.2 Å². The molecule has 1 aliphatic heterocycles. The Balaban J connectivity index is 2.81. The van der Waals surface area contributed by atoms with E-state index in [4.69, 9.17) is 9.16 Å². The molecule has 5 nitrogen and oxygen atoms in total. The van der Waals surface area contributed by atoms with Crippen LogP contribution in [-0.4, -0.2) is 50.0 Å². The molecule has 0 unspecified atom stereocenters. The Hall–Kier alpha value is -0.643. The summed E-state index contributed by atoms with van der Waals surface area (Å²) in [6.45, 7) is 11.6. The summed E-state index contributed by atoms with van der Waals surface area (Å²) < 4.78 is 48.8. The van der Waals surface area contributed by atoms with Crippen LogP contribution in [0.4, 0.5) is 13.2 Å². The summed E-state index contributed by atoms with van der Waals surface area (Å²) in [5, 5.41) is 11.7. The molecule has 1 fully saturated rings. The lowest BCUT2D eigenvalue weighted by Crippen LogP contribution is -2.59. The van der Waals surface area contributed by atoms with Crippen LogP contribution in [0, 0.1) is 0 Å². The summed E-state index contributed by atoms with van der Waals surface area (Å²) in [7, 11) is -2.19. The van der Waals surface area contributed by atoms with E-state index >= 15 is 0 Å². The van der Waals surface area contributed by atoms with Gasteiger partial charge in [0.15, 0.2) is 8.32 Å². The fraction of sp³-hybridized carbons (Fsp3) is 0.929. The molecule has 0 radical (unpaired) electrons. The highest BCUT2D eigenvalue weighted by molar-refractivity contribution is 6.74. The Morgan fingerprint density at radius 1 is 1.30 bits per heavy atom. The van der Waals surface area contributed by atoms with Crippen molar-refractivity contribution in [2.75, 3.05) is 0 Å². The Bertz CT molecular complexity index is 437. The lowest BCUT2D eigenvalue weighted by atomic mass is 9.99. The molecule has 1 aliphatic rings. The highest BCUT2D eigenvalue weighted by Crippen LogP contribution is 2.38. The summed E-state index contributed by atoms with van der Waals surface area (Å²) in [6, 6.07) is -1.07. The number of alkyl halides is 3. The predicted octanol–water partition coefficient (Wildman–Crippen LogP) is 2.55. The van der Waals surface area contributed by atoms with E-state index < -0.39 is 44.9 Å². The van der Waals surface area contributed by atoms with Crippen molar-refractivity contribution in [2.24, 2.45) is 0 Å².